The predicted octanol–water partition coefficient (Wildman–Crippen LogP) is 1.46. The van der Waals surface area contributed by atoms with E-state index in [0.29, 0.717) is 5.95 Å². The highest BCUT2D eigenvalue weighted by atomic mass is 15.1. The molecular weight excluding hydrogens is 176 g/mol. The Labute approximate surface area is 80.0 Å². The summed E-state index contributed by atoms with van der Waals surface area (Å²) >= 11 is 0. The predicted molar refractivity (Wildman–Crippen MR) is 54.9 cm³/mol. The lowest BCUT2D eigenvalue weighted by Gasteiger charge is -2.02. The highest BCUT2D eigenvalue weighted by Crippen LogP contribution is 2.18. The summed E-state index contributed by atoms with van der Waals surface area (Å²) in [6, 6.07) is 7.83. The zero-order valence-electron chi connectivity index (χ0n) is 7.38. The molecule has 2 aromatic heterocycles. The molecule has 0 aliphatic rings. The second kappa shape index (κ2) is 2.45. The number of benzene rings is 1. The number of nitrogen functional groups attached to an aromatic ring is 1. The summed E-state index contributed by atoms with van der Waals surface area (Å²) in [6.07, 6.45) is 3.53. The lowest BCUT2D eigenvalue weighted by Crippen LogP contribution is -2.00. The molecule has 3 aromatic rings. The zero-order chi connectivity index (χ0) is 9.54. The molecule has 0 aliphatic carbocycles. The van der Waals surface area contributed by atoms with E-state index in [9.17, 15) is 0 Å². The summed E-state index contributed by atoms with van der Waals surface area (Å²) in [6.45, 7) is 0. The van der Waals surface area contributed by atoms with Gasteiger partial charge in [0.15, 0.2) is 0 Å². The van der Waals surface area contributed by atoms with Crippen molar-refractivity contribution >= 4 is 22.5 Å². The normalized spacial score (nSPS) is 11.1. The van der Waals surface area contributed by atoms with Gasteiger partial charge < -0.3 is 5.73 Å². The lowest BCUT2D eigenvalue weighted by atomic mass is 10.2. The van der Waals surface area contributed by atoms with Crippen LogP contribution in [0.3, 0.4) is 0 Å². The van der Waals surface area contributed by atoms with E-state index in [1.165, 1.54) is 0 Å². The van der Waals surface area contributed by atoms with Gasteiger partial charge in [0, 0.05) is 17.8 Å². The van der Waals surface area contributed by atoms with Crippen molar-refractivity contribution in [3.05, 3.63) is 36.7 Å². The Morgan fingerprint density at radius 1 is 1.21 bits per heavy atom. The smallest absolute Gasteiger partial charge is 0.206 e. The van der Waals surface area contributed by atoms with Crippen LogP contribution < -0.4 is 5.73 Å². The van der Waals surface area contributed by atoms with E-state index in [1.807, 2.05) is 30.5 Å². The maximum Gasteiger partial charge on any atom is 0.206 e. The molecule has 14 heavy (non-hydrogen) atoms. The monoisotopic (exact) mass is 184 g/mol. The zero-order valence-corrected chi connectivity index (χ0v) is 7.38. The van der Waals surface area contributed by atoms with E-state index in [-0.39, 0.29) is 0 Å². The molecule has 0 saturated carbocycles. The summed E-state index contributed by atoms with van der Waals surface area (Å²) < 4.78 is 1.78. The van der Waals surface area contributed by atoms with Crippen LogP contribution in [0.2, 0.25) is 0 Å². The van der Waals surface area contributed by atoms with Crippen LogP contribution in [0.1, 0.15) is 0 Å². The summed E-state index contributed by atoms with van der Waals surface area (Å²) in [5.41, 5.74) is 7.51. The van der Waals surface area contributed by atoms with Crippen molar-refractivity contribution in [1.82, 2.24) is 14.4 Å². The average Bonchev–Trinajstić information content (AvgIpc) is 2.67. The van der Waals surface area contributed by atoms with Gasteiger partial charge in [-0.05, 0) is 12.1 Å². The molecule has 68 valence electrons. The fourth-order valence-corrected chi connectivity index (χ4v) is 1.63. The van der Waals surface area contributed by atoms with Crippen LogP contribution in [0.4, 0.5) is 5.95 Å². The number of rotatable bonds is 0. The third kappa shape index (κ3) is 0.821. The van der Waals surface area contributed by atoms with Crippen LogP contribution in [0.25, 0.3) is 16.6 Å². The molecular formula is C10H8N4. The largest absolute Gasteiger partial charge is 0.369 e. The standard InChI is InChI=1S/C10H8N4/c11-10-13-8-4-2-1-3-7(8)9-12-5-6-14(9)10/h1-6H,(H2,11,13). The first-order chi connectivity index (χ1) is 6.86. The Balaban J connectivity index is 2.66. The molecule has 0 unspecified atom stereocenters. The van der Waals surface area contributed by atoms with Gasteiger partial charge in [0.1, 0.15) is 5.65 Å². The minimum Gasteiger partial charge on any atom is -0.369 e. The third-order valence-electron chi connectivity index (χ3n) is 2.27. The average molecular weight is 184 g/mol. The van der Waals surface area contributed by atoms with E-state index in [1.54, 1.807) is 10.6 Å². The highest BCUT2D eigenvalue weighted by Gasteiger charge is 2.04. The van der Waals surface area contributed by atoms with Crippen LogP contribution >= 0.6 is 0 Å². The van der Waals surface area contributed by atoms with Crippen molar-refractivity contribution in [2.45, 2.75) is 0 Å². The Kier molecular flexibility index (Phi) is 1.28. The van der Waals surface area contributed by atoms with Gasteiger partial charge in [0.05, 0.1) is 5.52 Å². The second-order valence-corrected chi connectivity index (χ2v) is 3.11. The molecule has 3 rings (SSSR count). The SMILES string of the molecule is Nc1nc2ccccc2c2nccn12. The minimum absolute atomic E-state index is 0.469. The number of anilines is 1. The van der Waals surface area contributed by atoms with Crippen LogP contribution in [0.15, 0.2) is 36.7 Å². The Bertz CT molecular complexity index is 612. The summed E-state index contributed by atoms with van der Waals surface area (Å²) in [4.78, 5) is 8.53. The molecule has 0 spiro atoms. The second-order valence-electron chi connectivity index (χ2n) is 3.11. The van der Waals surface area contributed by atoms with E-state index in [4.69, 9.17) is 5.73 Å². The molecule has 0 radical (unpaired) electrons. The third-order valence-corrected chi connectivity index (χ3v) is 2.27. The molecule has 2 N–H and O–H groups in total. The van der Waals surface area contributed by atoms with Crippen LogP contribution in [0.5, 0.6) is 0 Å². The number of aromatic nitrogens is 3. The fraction of sp³-hybridized carbons (Fsp3) is 0. The molecule has 0 fully saturated rings. The Morgan fingerprint density at radius 2 is 2.07 bits per heavy atom. The Hall–Kier alpha value is -2.10. The van der Waals surface area contributed by atoms with Gasteiger partial charge in [-0.1, -0.05) is 12.1 Å². The van der Waals surface area contributed by atoms with Crippen LogP contribution in [-0.2, 0) is 0 Å². The molecule has 0 amide bonds. The first-order valence-electron chi connectivity index (χ1n) is 4.33. The van der Waals surface area contributed by atoms with Gasteiger partial charge >= 0.3 is 0 Å². The van der Waals surface area contributed by atoms with E-state index in [2.05, 4.69) is 9.97 Å². The van der Waals surface area contributed by atoms with Crippen LogP contribution in [0, 0.1) is 0 Å². The summed E-state index contributed by atoms with van der Waals surface area (Å²) in [5.74, 6) is 0.469. The highest BCUT2D eigenvalue weighted by molar-refractivity contribution is 5.92. The molecule has 0 bridgehead atoms. The summed E-state index contributed by atoms with van der Waals surface area (Å²) in [7, 11) is 0. The van der Waals surface area contributed by atoms with Crippen molar-refractivity contribution in [1.29, 1.82) is 0 Å². The number of fused-ring (bicyclic) bond motifs is 3. The lowest BCUT2D eigenvalue weighted by molar-refractivity contribution is 1.14. The number of hydrogen-bond acceptors (Lipinski definition) is 3. The number of imidazole rings is 1. The maximum absolute atomic E-state index is 5.78. The van der Waals surface area contributed by atoms with Gasteiger partial charge in [0.2, 0.25) is 5.95 Å². The molecule has 0 saturated heterocycles. The van der Waals surface area contributed by atoms with Crippen molar-refractivity contribution in [3.8, 4) is 0 Å². The van der Waals surface area contributed by atoms with E-state index >= 15 is 0 Å². The number of nitrogens with two attached hydrogens (primary N) is 1. The quantitative estimate of drug-likeness (QED) is 0.575. The molecule has 4 heteroatoms. The minimum atomic E-state index is 0.469. The maximum atomic E-state index is 5.78. The van der Waals surface area contributed by atoms with Gasteiger partial charge in [-0.2, -0.15) is 0 Å². The molecule has 4 nitrogen and oxygen atoms in total. The van der Waals surface area contributed by atoms with Crippen molar-refractivity contribution < 1.29 is 0 Å². The van der Waals surface area contributed by atoms with Gasteiger partial charge in [-0.15, -0.1) is 0 Å². The van der Waals surface area contributed by atoms with Crippen molar-refractivity contribution in [3.63, 3.8) is 0 Å². The van der Waals surface area contributed by atoms with Crippen LogP contribution in [-0.4, -0.2) is 14.4 Å². The topological polar surface area (TPSA) is 56.2 Å². The Morgan fingerprint density at radius 3 is 3.00 bits per heavy atom. The van der Waals surface area contributed by atoms with Gasteiger partial charge in [-0.3, -0.25) is 4.40 Å². The first kappa shape index (κ1) is 7.32. The first-order valence-corrected chi connectivity index (χ1v) is 4.33. The summed E-state index contributed by atoms with van der Waals surface area (Å²) in [5, 5.41) is 1.02. The van der Waals surface area contributed by atoms with Gasteiger partial charge in [-0.25, -0.2) is 9.97 Å². The van der Waals surface area contributed by atoms with E-state index in [0.717, 1.165) is 16.6 Å². The van der Waals surface area contributed by atoms with E-state index < -0.39 is 0 Å². The van der Waals surface area contributed by atoms with Crippen molar-refractivity contribution in [2.75, 3.05) is 5.73 Å². The molecule has 0 atom stereocenters. The number of nitrogens with zero attached hydrogens (tertiary/aromatic N) is 3. The van der Waals surface area contributed by atoms with Crippen molar-refractivity contribution in [2.24, 2.45) is 0 Å². The van der Waals surface area contributed by atoms with Gasteiger partial charge in [0.25, 0.3) is 0 Å². The number of para-hydroxylation sites is 1. The molecule has 1 aromatic carbocycles. The molecule has 2 heterocycles. The number of hydrogen-bond donors (Lipinski definition) is 1. The fourth-order valence-electron chi connectivity index (χ4n) is 1.63. The molecule has 0 aliphatic heterocycles.